The van der Waals surface area contributed by atoms with Gasteiger partial charge in [-0.3, -0.25) is 4.79 Å². The smallest absolute Gasteiger partial charge is 0.234 e. The molecule has 1 aliphatic rings. The summed E-state index contributed by atoms with van der Waals surface area (Å²) in [5.41, 5.74) is 0.362. The largest absolute Gasteiger partial charge is 0.355 e. The minimum Gasteiger partial charge on any atom is -0.355 e. The van der Waals surface area contributed by atoms with Crippen LogP contribution in [0.5, 0.6) is 0 Å². The van der Waals surface area contributed by atoms with Crippen LogP contribution in [0, 0.1) is 0 Å². The van der Waals surface area contributed by atoms with Gasteiger partial charge in [0.1, 0.15) is 0 Å². The van der Waals surface area contributed by atoms with Crippen LogP contribution in [0.25, 0.3) is 10.6 Å². The predicted octanol–water partition coefficient (Wildman–Crippen LogP) is 3.69. The van der Waals surface area contributed by atoms with Crippen molar-refractivity contribution in [2.45, 2.75) is 38.0 Å². The molecular formula is C16H20N2O2S. The first-order valence-electron chi connectivity index (χ1n) is 7.44. The number of hydrogen-bond acceptors (Lipinski definition) is 4. The van der Waals surface area contributed by atoms with Gasteiger partial charge in [0.15, 0.2) is 5.76 Å². The number of carbonyl (C=O) groups is 1. The summed E-state index contributed by atoms with van der Waals surface area (Å²) in [7, 11) is 1.89. The number of aromatic nitrogens is 1. The van der Waals surface area contributed by atoms with Crippen LogP contribution in [0.1, 0.15) is 38.3 Å². The Labute approximate surface area is 128 Å². The summed E-state index contributed by atoms with van der Waals surface area (Å²) >= 11 is 1.62. The van der Waals surface area contributed by atoms with Gasteiger partial charge in [0.25, 0.3) is 0 Å². The molecule has 0 aromatic carbocycles. The van der Waals surface area contributed by atoms with Gasteiger partial charge in [-0.15, -0.1) is 11.3 Å². The minimum absolute atomic E-state index is 0.182. The third-order valence-electron chi connectivity index (χ3n) is 4.12. The number of thiophene rings is 1. The van der Waals surface area contributed by atoms with Crippen molar-refractivity contribution in [3.05, 3.63) is 29.3 Å². The zero-order valence-corrected chi connectivity index (χ0v) is 13.3. The van der Waals surface area contributed by atoms with Gasteiger partial charge in [-0.1, -0.05) is 24.6 Å². The SMILES string of the molecule is CCCCN(C)C(=O)C1(c2cc(-c3cccs3)on2)CC1. The summed E-state index contributed by atoms with van der Waals surface area (Å²) in [5.74, 6) is 0.942. The Morgan fingerprint density at radius 1 is 1.52 bits per heavy atom. The molecule has 1 amide bonds. The highest BCUT2D eigenvalue weighted by molar-refractivity contribution is 7.13. The standard InChI is InChI=1S/C16H20N2O2S/c1-3-4-9-18(2)15(19)16(7-8-16)14-11-12(20-17-14)13-6-5-10-21-13/h5-6,10-11H,3-4,7-9H2,1-2H3. The van der Waals surface area contributed by atoms with Crippen LogP contribution < -0.4 is 0 Å². The second kappa shape index (κ2) is 5.64. The van der Waals surface area contributed by atoms with Crippen molar-refractivity contribution in [1.29, 1.82) is 0 Å². The molecule has 0 unspecified atom stereocenters. The van der Waals surface area contributed by atoms with Crippen LogP contribution in [0.15, 0.2) is 28.1 Å². The fourth-order valence-electron chi connectivity index (χ4n) is 2.60. The number of nitrogens with zero attached hydrogens (tertiary/aromatic N) is 2. The monoisotopic (exact) mass is 304 g/mol. The predicted molar refractivity (Wildman–Crippen MR) is 83.3 cm³/mol. The van der Waals surface area contributed by atoms with Crippen molar-refractivity contribution < 1.29 is 9.32 Å². The molecule has 4 nitrogen and oxygen atoms in total. The lowest BCUT2D eigenvalue weighted by atomic mass is 10.00. The second-order valence-corrected chi connectivity index (χ2v) is 6.66. The molecule has 0 radical (unpaired) electrons. The highest BCUT2D eigenvalue weighted by Gasteiger charge is 2.54. The fourth-order valence-corrected chi connectivity index (χ4v) is 3.28. The maximum Gasteiger partial charge on any atom is 0.234 e. The lowest BCUT2D eigenvalue weighted by Gasteiger charge is -2.21. The maximum atomic E-state index is 12.7. The third-order valence-corrected chi connectivity index (χ3v) is 5.00. The Morgan fingerprint density at radius 3 is 2.95 bits per heavy atom. The van der Waals surface area contributed by atoms with Gasteiger partial charge < -0.3 is 9.42 Å². The molecule has 112 valence electrons. The van der Waals surface area contributed by atoms with Crippen LogP contribution in [0.4, 0.5) is 0 Å². The molecule has 2 aromatic heterocycles. The van der Waals surface area contributed by atoms with E-state index < -0.39 is 5.41 Å². The minimum atomic E-state index is -0.429. The van der Waals surface area contributed by atoms with E-state index >= 15 is 0 Å². The summed E-state index contributed by atoms with van der Waals surface area (Å²) in [4.78, 5) is 15.6. The van der Waals surface area contributed by atoms with E-state index in [1.54, 1.807) is 11.3 Å². The molecule has 0 atom stereocenters. The number of carbonyl (C=O) groups excluding carboxylic acids is 1. The Bertz CT molecular complexity index is 614. The van der Waals surface area contributed by atoms with Gasteiger partial charge in [0, 0.05) is 19.7 Å². The van der Waals surface area contributed by atoms with E-state index in [1.807, 2.05) is 35.5 Å². The average molecular weight is 304 g/mol. The Morgan fingerprint density at radius 2 is 2.33 bits per heavy atom. The lowest BCUT2D eigenvalue weighted by Crippen LogP contribution is -2.37. The summed E-state index contributed by atoms with van der Waals surface area (Å²) in [6, 6.07) is 5.92. The van der Waals surface area contributed by atoms with E-state index in [0.29, 0.717) is 0 Å². The average Bonchev–Trinajstić information content (AvgIpc) is 2.95. The topological polar surface area (TPSA) is 46.3 Å². The number of rotatable bonds is 6. The molecule has 2 heterocycles. The zero-order valence-electron chi connectivity index (χ0n) is 12.5. The number of likely N-dealkylation sites (N-methyl/N-ethyl adjacent to an activating group) is 1. The van der Waals surface area contributed by atoms with E-state index in [9.17, 15) is 4.79 Å². The van der Waals surface area contributed by atoms with Crippen molar-refractivity contribution in [3.63, 3.8) is 0 Å². The van der Waals surface area contributed by atoms with Crippen LogP contribution >= 0.6 is 11.3 Å². The van der Waals surface area contributed by atoms with Crippen molar-refractivity contribution >= 4 is 17.2 Å². The molecule has 0 saturated heterocycles. The Kier molecular flexibility index (Phi) is 3.85. The van der Waals surface area contributed by atoms with Gasteiger partial charge in [-0.2, -0.15) is 0 Å². The van der Waals surface area contributed by atoms with Gasteiger partial charge >= 0.3 is 0 Å². The van der Waals surface area contributed by atoms with E-state index in [2.05, 4.69) is 12.1 Å². The van der Waals surface area contributed by atoms with Gasteiger partial charge in [-0.05, 0) is 30.7 Å². The molecule has 1 fully saturated rings. The zero-order chi connectivity index (χ0) is 14.9. The molecule has 1 aliphatic carbocycles. The first-order chi connectivity index (χ1) is 10.2. The van der Waals surface area contributed by atoms with Crippen LogP contribution in [-0.2, 0) is 10.2 Å². The molecule has 0 spiro atoms. The fraction of sp³-hybridized carbons (Fsp3) is 0.500. The van der Waals surface area contributed by atoms with E-state index in [1.165, 1.54) is 0 Å². The van der Waals surface area contributed by atoms with E-state index in [0.717, 1.165) is 48.6 Å². The van der Waals surface area contributed by atoms with Crippen molar-refractivity contribution in [3.8, 4) is 10.6 Å². The molecule has 0 bridgehead atoms. The van der Waals surface area contributed by atoms with Crippen molar-refractivity contribution in [2.75, 3.05) is 13.6 Å². The van der Waals surface area contributed by atoms with Crippen molar-refractivity contribution in [1.82, 2.24) is 10.1 Å². The van der Waals surface area contributed by atoms with Gasteiger partial charge in [0.05, 0.1) is 16.0 Å². The van der Waals surface area contributed by atoms with Crippen LogP contribution in [0.2, 0.25) is 0 Å². The number of hydrogen-bond donors (Lipinski definition) is 0. The summed E-state index contributed by atoms with van der Waals surface area (Å²) in [6.45, 7) is 2.95. The number of unbranched alkanes of at least 4 members (excludes halogenated alkanes) is 1. The highest BCUT2D eigenvalue weighted by Crippen LogP contribution is 2.49. The lowest BCUT2D eigenvalue weighted by molar-refractivity contribution is -0.132. The second-order valence-electron chi connectivity index (χ2n) is 5.72. The number of amides is 1. The Balaban J connectivity index is 1.78. The highest BCUT2D eigenvalue weighted by atomic mass is 32.1. The van der Waals surface area contributed by atoms with Gasteiger partial charge in [0.2, 0.25) is 5.91 Å². The van der Waals surface area contributed by atoms with Crippen molar-refractivity contribution in [2.24, 2.45) is 0 Å². The molecular weight excluding hydrogens is 284 g/mol. The first-order valence-corrected chi connectivity index (χ1v) is 8.32. The summed E-state index contributed by atoms with van der Waals surface area (Å²) in [5, 5.41) is 6.18. The van der Waals surface area contributed by atoms with Crippen LogP contribution in [-0.4, -0.2) is 29.6 Å². The van der Waals surface area contributed by atoms with E-state index in [-0.39, 0.29) is 5.91 Å². The molecule has 0 aliphatic heterocycles. The van der Waals surface area contributed by atoms with Crippen LogP contribution in [0.3, 0.4) is 0 Å². The molecule has 2 aromatic rings. The first kappa shape index (κ1) is 14.3. The summed E-state index contributed by atoms with van der Waals surface area (Å²) in [6.07, 6.45) is 3.88. The normalized spacial score (nSPS) is 15.9. The molecule has 1 saturated carbocycles. The molecule has 5 heteroatoms. The van der Waals surface area contributed by atoms with E-state index in [4.69, 9.17) is 4.52 Å². The summed E-state index contributed by atoms with van der Waals surface area (Å²) < 4.78 is 5.44. The maximum absolute atomic E-state index is 12.7. The molecule has 0 N–H and O–H groups in total. The molecule has 21 heavy (non-hydrogen) atoms. The Hall–Kier alpha value is -1.62. The third kappa shape index (κ3) is 2.62. The van der Waals surface area contributed by atoms with Gasteiger partial charge in [-0.25, -0.2) is 0 Å². The molecule has 3 rings (SSSR count). The quantitative estimate of drug-likeness (QED) is 0.817.